The van der Waals surface area contributed by atoms with Gasteiger partial charge in [0, 0.05) is 0 Å². The third-order valence-corrected chi connectivity index (χ3v) is 13.7. The van der Waals surface area contributed by atoms with E-state index in [0.29, 0.717) is 0 Å². The lowest BCUT2D eigenvalue weighted by atomic mass is 10.3. The Balaban J connectivity index is 4.01. The first-order valence-electron chi connectivity index (χ1n) is 7.68. The lowest BCUT2D eigenvalue weighted by Gasteiger charge is -2.38. The monoisotopic (exact) mass is 273 g/mol. The van der Waals surface area contributed by atoms with E-state index in [1.807, 2.05) is 0 Å². The maximum absolute atomic E-state index is 2.87. The number of hydrogen-bond donors (Lipinski definition) is 0. The molecule has 0 fully saturated rings. The molecule has 0 saturated heterocycles. The molecule has 0 N–H and O–H groups in total. The molecule has 0 bridgehead atoms. The molecule has 0 aliphatic heterocycles. The molecular weight excluding hydrogens is 238 g/mol. The summed E-state index contributed by atoms with van der Waals surface area (Å²) in [6, 6.07) is 3.02. The average molecular weight is 274 g/mol. The van der Waals surface area contributed by atoms with Crippen molar-refractivity contribution in [2.45, 2.75) is 84.1 Å². The Morgan fingerprint density at radius 1 is 0.941 bits per heavy atom. The SMILES string of the molecule is CCCCC[SiH](C)N(C)[Si](C)(C)CCCCC. The molecule has 17 heavy (non-hydrogen) atoms. The van der Waals surface area contributed by atoms with Gasteiger partial charge in [-0.3, -0.25) is 0 Å². The highest BCUT2D eigenvalue weighted by Crippen LogP contribution is 2.21. The first-order chi connectivity index (χ1) is 7.95. The van der Waals surface area contributed by atoms with Crippen molar-refractivity contribution in [1.82, 2.24) is 4.23 Å². The molecule has 0 aliphatic carbocycles. The molecule has 1 atom stereocenters. The number of hydrogen-bond acceptors (Lipinski definition) is 1. The Labute approximate surface area is 113 Å². The molecule has 0 rings (SSSR count). The highest BCUT2D eigenvalue weighted by molar-refractivity contribution is 6.83. The summed E-state index contributed by atoms with van der Waals surface area (Å²) in [6.07, 6.45) is 8.50. The Bertz CT molecular complexity index is 183. The van der Waals surface area contributed by atoms with Gasteiger partial charge in [-0.15, -0.1) is 0 Å². The Kier molecular flexibility index (Phi) is 9.56. The second-order valence-corrected chi connectivity index (χ2v) is 14.6. The zero-order valence-corrected chi connectivity index (χ0v) is 15.3. The highest BCUT2D eigenvalue weighted by atomic mass is 28.4. The van der Waals surface area contributed by atoms with Crippen molar-refractivity contribution in [3.63, 3.8) is 0 Å². The van der Waals surface area contributed by atoms with E-state index in [1.54, 1.807) is 0 Å². The fraction of sp³-hybridized carbons (Fsp3) is 1.00. The van der Waals surface area contributed by atoms with Gasteiger partial charge in [0.05, 0.1) is 0 Å². The summed E-state index contributed by atoms with van der Waals surface area (Å²) in [5.74, 6) is 0. The maximum atomic E-state index is 2.87. The normalized spacial score (nSPS) is 14.3. The van der Waals surface area contributed by atoms with Crippen LogP contribution < -0.4 is 0 Å². The minimum absolute atomic E-state index is 0.609. The molecule has 3 heteroatoms. The Hall–Kier alpha value is 0.394. The van der Waals surface area contributed by atoms with Crippen molar-refractivity contribution in [2.75, 3.05) is 7.05 Å². The number of rotatable bonds is 10. The lowest BCUT2D eigenvalue weighted by Crippen LogP contribution is -2.52. The molecule has 0 heterocycles. The first kappa shape index (κ1) is 17.4. The van der Waals surface area contributed by atoms with E-state index in [-0.39, 0.29) is 0 Å². The standard InChI is InChI=1S/C14H35NSi2/c1-7-9-11-13-16(4)15(3)17(5,6)14-12-10-8-2/h16H,7-14H2,1-6H3. The summed E-state index contributed by atoms with van der Waals surface area (Å²) in [5.41, 5.74) is 0. The molecule has 0 saturated carbocycles. The molecule has 104 valence electrons. The minimum atomic E-state index is -1.07. The van der Waals surface area contributed by atoms with Gasteiger partial charge in [-0.05, 0) is 19.1 Å². The van der Waals surface area contributed by atoms with Crippen LogP contribution in [0.25, 0.3) is 0 Å². The first-order valence-corrected chi connectivity index (χ1v) is 13.3. The van der Waals surface area contributed by atoms with Crippen LogP contribution in [-0.2, 0) is 0 Å². The van der Waals surface area contributed by atoms with Gasteiger partial charge in [-0.2, -0.15) is 0 Å². The predicted octanol–water partition coefficient (Wildman–Crippen LogP) is 4.86. The van der Waals surface area contributed by atoms with E-state index in [1.165, 1.54) is 50.6 Å². The van der Waals surface area contributed by atoms with Crippen LogP contribution >= 0.6 is 0 Å². The van der Waals surface area contributed by atoms with E-state index in [0.717, 1.165) is 0 Å². The van der Waals surface area contributed by atoms with Gasteiger partial charge in [0.1, 0.15) is 17.2 Å². The van der Waals surface area contributed by atoms with E-state index in [2.05, 4.69) is 44.8 Å². The summed E-state index contributed by atoms with van der Waals surface area (Å²) in [5, 5.41) is 0. The third-order valence-electron chi connectivity index (χ3n) is 4.23. The molecule has 0 aromatic heterocycles. The zero-order valence-electron chi connectivity index (χ0n) is 13.2. The molecule has 0 radical (unpaired) electrons. The molecule has 0 aliphatic rings. The van der Waals surface area contributed by atoms with Gasteiger partial charge in [-0.1, -0.05) is 72.0 Å². The van der Waals surface area contributed by atoms with Crippen LogP contribution in [-0.4, -0.2) is 28.5 Å². The second kappa shape index (κ2) is 9.34. The minimum Gasteiger partial charge on any atom is -0.351 e. The Morgan fingerprint density at radius 3 is 2.00 bits per heavy atom. The molecule has 1 nitrogen and oxygen atoms in total. The molecule has 0 spiro atoms. The number of unbranched alkanes of at least 4 members (excludes halogenated alkanes) is 4. The van der Waals surface area contributed by atoms with Gasteiger partial charge in [0.15, 0.2) is 0 Å². The fourth-order valence-electron chi connectivity index (χ4n) is 2.46. The van der Waals surface area contributed by atoms with Crippen molar-refractivity contribution < 1.29 is 0 Å². The van der Waals surface area contributed by atoms with Gasteiger partial charge in [-0.25, -0.2) is 0 Å². The summed E-state index contributed by atoms with van der Waals surface area (Å²) >= 11 is 0. The van der Waals surface area contributed by atoms with Crippen molar-refractivity contribution >= 4 is 17.2 Å². The largest absolute Gasteiger partial charge is 0.351 e. The predicted molar refractivity (Wildman–Crippen MR) is 86.9 cm³/mol. The smallest absolute Gasteiger partial charge is 0.115 e. The van der Waals surface area contributed by atoms with Crippen LogP contribution in [0.4, 0.5) is 0 Å². The van der Waals surface area contributed by atoms with Crippen molar-refractivity contribution in [3.8, 4) is 0 Å². The van der Waals surface area contributed by atoms with Crippen LogP contribution in [0, 0.1) is 0 Å². The van der Waals surface area contributed by atoms with Crippen LogP contribution in [0.5, 0.6) is 0 Å². The molecule has 0 aromatic carbocycles. The molecular formula is C14H35NSi2. The maximum Gasteiger partial charge on any atom is 0.115 e. The zero-order chi connectivity index (χ0) is 13.3. The summed E-state index contributed by atoms with van der Waals surface area (Å²) in [4.78, 5) is 0. The van der Waals surface area contributed by atoms with Crippen LogP contribution in [0.1, 0.15) is 52.4 Å². The van der Waals surface area contributed by atoms with Gasteiger partial charge >= 0.3 is 0 Å². The van der Waals surface area contributed by atoms with Crippen molar-refractivity contribution in [2.24, 2.45) is 0 Å². The second-order valence-electron chi connectivity index (χ2n) is 6.23. The summed E-state index contributed by atoms with van der Waals surface area (Å²) in [7, 11) is 0.750. The van der Waals surface area contributed by atoms with Crippen LogP contribution in [0.3, 0.4) is 0 Å². The third kappa shape index (κ3) is 7.42. The topological polar surface area (TPSA) is 3.24 Å². The van der Waals surface area contributed by atoms with E-state index >= 15 is 0 Å². The lowest BCUT2D eigenvalue weighted by molar-refractivity contribution is 0.694. The van der Waals surface area contributed by atoms with Gasteiger partial charge < -0.3 is 4.23 Å². The Morgan fingerprint density at radius 2 is 1.47 bits per heavy atom. The van der Waals surface area contributed by atoms with Crippen molar-refractivity contribution in [1.29, 1.82) is 0 Å². The summed E-state index contributed by atoms with van der Waals surface area (Å²) in [6.45, 7) is 12.3. The van der Waals surface area contributed by atoms with Crippen molar-refractivity contribution in [3.05, 3.63) is 0 Å². The van der Waals surface area contributed by atoms with Crippen LogP contribution in [0.15, 0.2) is 0 Å². The average Bonchev–Trinajstić information content (AvgIpc) is 2.28. The van der Waals surface area contributed by atoms with E-state index in [9.17, 15) is 0 Å². The quantitative estimate of drug-likeness (QED) is 0.406. The molecule has 0 amide bonds. The highest BCUT2D eigenvalue weighted by Gasteiger charge is 2.29. The van der Waals surface area contributed by atoms with E-state index < -0.39 is 17.2 Å². The number of nitrogens with zero attached hydrogens (tertiary/aromatic N) is 1. The molecule has 0 aromatic rings. The van der Waals surface area contributed by atoms with Gasteiger partial charge in [0.2, 0.25) is 0 Å². The van der Waals surface area contributed by atoms with Gasteiger partial charge in [0.25, 0.3) is 0 Å². The molecule has 1 unspecified atom stereocenters. The van der Waals surface area contributed by atoms with E-state index in [4.69, 9.17) is 0 Å². The summed E-state index contributed by atoms with van der Waals surface area (Å²) < 4.78 is 2.87. The fourth-order valence-corrected chi connectivity index (χ4v) is 10.7. The van der Waals surface area contributed by atoms with Crippen LogP contribution in [0.2, 0.25) is 31.7 Å².